The highest BCUT2D eigenvalue weighted by atomic mass is 19.1. The summed E-state index contributed by atoms with van der Waals surface area (Å²) >= 11 is 0. The molecule has 0 radical (unpaired) electrons. The number of hydrazine groups is 1. The van der Waals surface area contributed by atoms with Gasteiger partial charge in [0.1, 0.15) is 17.8 Å². The Kier molecular flexibility index (Phi) is 8.61. The second kappa shape index (κ2) is 12.6. The minimum Gasteiger partial charge on any atom is -0.493 e. The molecular formula is C36H44FN3O4. The molecule has 2 aromatic rings. The van der Waals surface area contributed by atoms with E-state index < -0.39 is 0 Å². The first kappa shape index (κ1) is 30.1. The first-order valence-electron chi connectivity index (χ1n) is 16.0. The maximum absolute atomic E-state index is 13.8. The lowest BCUT2D eigenvalue weighted by molar-refractivity contribution is 0.00125. The summed E-state index contributed by atoms with van der Waals surface area (Å²) in [6, 6.07) is 10.3. The average molecular weight is 602 g/mol. The number of carbonyl (C=O) groups excluding carboxylic acids is 1. The number of ether oxygens (including phenoxy) is 3. The van der Waals surface area contributed by atoms with E-state index in [0.717, 1.165) is 66.6 Å². The largest absolute Gasteiger partial charge is 0.493 e. The Morgan fingerprint density at radius 1 is 1.14 bits per heavy atom. The van der Waals surface area contributed by atoms with E-state index in [1.54, 1.807) is 16.6 Å². The molecule has 3 heterocycles. The molecule has 1 amide bonds. The maximum Gasteiger partial charge on any atom is 0.429 e. The Balaban J connectivity index is 1.36. The van der Waals surface area contributed by atoms with Gasteiger partial charge in [-0.2, -0.15) is 0 Å². The Morgan fingerprint density at radius 3 is 2.80 bits per heavy atom. The SMILES string of the molecule is CCOC(=O)N1CC2=C3\CCCC4=C3N(CC4)CC(C)/C(C)=C(/C)O/C=C\2N1C(C)CCOc1cccc2cc(F)ccc12. The number of carbonyl (C=O) groups is 1. The monoisotopic (exact) mass is 601 g/mol. The second-order valence-electron chi connectivity index (χ2n) is 12.4. The molecule has 44 heavy (non-hydrogen) atoms. The summed E-state index contributed by atoms with van der Waals surface area (Å²) in [5.41, 5.74) is 7.56. The van der Waals surface area contributed by atoms with Crippen LogP contribution in [0.5, 0.6) is 5.75 Å². The van der Waals surface area contributed by atoms with Crippen molar-refractivity contribution in [3.8, 4) is 5.75 Å². The minimum atomic E-state index is -0.365. The van der Waals surface area contributed by atoms with Crippen LogP contribution >= 0.6 is 0 Å². The van der Waals surface area contributed by atoms with Crippen LogP contribution in [0, 0.1) is 11.7 Å². The van der Waals surface area contributed by atoms with Crippen LogP contribution in [0.2, 0.25) is 0 Å². The minimum absolute atomic E-state index is 0.106. The van der Waals surface area contributed by atoms with E-state index in [-0.39, 0.29) is 18.0 Å². The quantitative estimate of drug-likeness (QED) is 0.334. The van der Waals surface area contributed by atoms with E-state index in [4.69, 9.17) is 14.2 Å². The highest BCUT2D eigenvalue weighted by Crippen LogP contribution is 2.45. The van der Waals surface area contributed by atoms with Gasteiger partial charge in [0.05, 0.1) is 37.3 Å². The number of allylic oxidation sites excluding steroid dienone is 2. The molecule has 3 aliphatic heterocycles. The Bertz CT molecular complexity index is 1570. The van der Waals surface area contributed by atoms with Crippen LogP contribution in [-0.4, -0.2) is 59.9 Å². The molecule has 0 spiro atoms. The van der Waals surface area contributed by atoms with Crippen molar-refractivity contribution in [2.24, 2.45) is 5.92 Å². The summed E-state index contributed by atoms with van der Waals surface area (Å²) in [6.45, 7) is 13.6. The lowest BCUT2D eigenvalue weighted by Gasteiger charge is -2.34. The van der Waals surface area contributed by atoms with Crippen molar-refractivity contribution in [3.05, 3.63) is 87.9 Å². The van der Waals surface area contributed by atoms with E-state index >= 15 is 0 Å². The van der Waals surface area contributed by atoms with Crippen molar-refractivity contribution >= 4 is 16.9 Å². The number of amides is 1. The van der Waals surface area contributed by atoms with Gasteiger partial charge in [0.15, 0.2) is 0 Å². The van der Waals surface area contributed by atoms with Gasteiger partial charge in [0.2, 0.25) is 0 Å². The van der Waals surface area contributed by atoms with Crippen molar-refractivity contribution in [2.75, 3.05) is 32.8 Å². The molecule has 1 fully saturated rings. The highest BCUT2D eigenvalue weighted by Gasteiger charge is 2.42. The standard InChI is InChI=1S/C36H44FN3O4/c1-6-42-36(41)39-21-32-31-11-7-9-27-15-17-38(35(27)31)20-23(2)25(4)26(5)44-22-33(32)40(39)24(3)16-18-43-34-12-8-10-28-19-29(37)13-14-30(28)34/h8,10,12-14,19,22-24H,6-7,9,11,15-18,20-21H2,1-5H3/b26-25-,32-31-,33-22+. The lowest BCUT2D eigenvalue weighted by Crippen LogP contribution is -2.46. The van der Waals surface area contributed by atoms with E-state index in [9.17, 15) is 9.18 Å². The normalized spacial score (nSPS) is 25.6. The molecule has 8 heteroatoms. The number of benzene rings is 2. The number of fused-ring (bicyclic) bond motifs is 2. The van der Waals surface area contributed by atoms with Crippen LogP contribution in [-0.2, 0) is 9.47 Å². The molecule has 4 aliphatic rings. The Hall–Kier alpha value is -3.94. The summed E-state index contributed by atoms with van der Waals surface area (Å²) < 4.78 is 32.1. The highest BCUT2D eigenvalue weighted by molar-refractivity contribution is 5.88. The van der Waals surface area contributed by atoms with Gasteiger partial charge < -0.3 is 19.1 Å². The number of nitrogens with zero attached hydrogens (tertiary/aromatic N) is 3. The number of halogens is 1. The van der Waals surface area contributed by atoms with Gasteiger partial charge in [-0.15, -0.1) is 0 Å². The van der Waals surface area contributed by atoms with E-state index in [0.29, 0.717) is 37.8 Å². The zero-order chi connectivity index (χ0) is 31.0. The van der Waals surface area contributed by atoms with Crippen LogP contribution < -0.4 is 4.74 Å². The molecule has 1 aliphatic carbocycles. The number of hydrogen-bond acceptors (Lipinski definition) is 6. The van der Waals surface area contributed by atoms with E-state index in [1.807, 2.05) is 38.3 Å². The van der Waals surface area contributed by atoms with Crippen molar-refractivity contribution in [3.63, 3.8) is 0 Å². The lowest BCUT2D eigenvalue weighted by atomic mass is 9.88. The molecular weight excluding hydrogens is 557 g/mol. The predicted molar refractivity (Wildman–Crippen MR) is 170 cm³/mol. The topological polar surface area (TPSA) is 54.5 Å². The molecule has 0 N–H and O–H groups in total. The van der Waals surface area contributed by atoms with Gasteiger partial charge >= 0.3 is 6.09 Å². The zero-order valence-corrected chi connectivity index (χ0v) is 26.6. The molecule has 2 unspecified atom stereocenters. The Labute approximate surface area is 260 Å². The fourth-order valence-corrected chi connectivity index (χ4v) is 7.09. The molecule has 2 atom stereocenters. The first-order chi connectivity index (χ1) is 21.3. The van der Waals surface area contributed by atoms with E-state index in [1.165, 1.54) is 29.0 Å². The number of rotatable bonds is 6. The summed E-state index contributed by atoms with van der Waals surface area (Å²) in [5, 5.41) is 5.47. The molecule has 0 bridgehead atoms. The maximum atomic E-state index is 13.8. The fourth-order valence-electron chi connectivity index (χ4n) is 7.09. The smallest absolute Gasteiger partial charge is 0.429 e. The summed E-state index contributed by atoms with van der Waals surface area (Å²) in [5.74, 6) is 1.70. The molecule has 7 nitrogen and oxygen atoms in total. The molecule has 234 valence electrons. The number of hydrogen-bond donors (Lipinski definition) is 0. The third kappa shape index (κ3) is 5.66. The van der Waals surface area contributed by atoms with Gasteiger partial charge in [0, 0.05) is 36.2 Å². The van der Waals surface area contributed by atoms with Gasteiger partial charge in [-0.05, 0) is 106 Å². The molecule has 2 aromatic carbocycles. The summed E-state index contributed by atoms with van der Waals surface area (Å²) in [4.78, 5) is 16.0. The average Bonchev–Trinajstić information content (AvgIpc) is 3.60. The van der Waals surface area contributed by atoms with Gasteiger partial charge in [0.25, 0.3) is 0 Å². The predicted octanol–water partition coefficient (Wildman–Crippen LogP) is 8.07. The molecule has 1 saturated heterocycles. The van der Waals surface area contributed by atoms with Gasteiger partial charge in [-0.25, -0.2) is 14.2 Å². The summed E-state index contributed by atoms with van der Waals surface area (Å²) in [7, 11) is 0. The van der Waals surface area contributed by atoms with Crippen LogP contribution in [0.3, 0.4) is 0 Å². The molecule has 0 saturated carbocycles. The molecule has 6 rings (SSSR count). The third-order valence-electron chi connectivity index (χ3n) is 9.64. The zero-order valence-electron chi connectivity index (χ0n) is 26.6. The van der Waals surface area contributed by atoms with Crippen LogP contribution in [0.4, 0.5) is 9.18 Å². The second-order valence-corrected chi connectivity index (χ2v) is 12.4. The van der Waals surface area contributed by atoms with Crippen LogP contribution in [0.25, 0.3) is 10.8 Å². The fraction of sp³-hybridized carbons (Fsp3) is 0.472. The Morgan fingerprint density at radius 2 is 1.98 bits per heavy atom. The van der Waals surface area contributed by atoms with Crippen LogP contribution in [0.1, 0.15) is 66.7 Å². The summed E-state index contributed by atoms with van der Waals surface area (Å²) in [6.07, 6.45) is 6.46. The van der Waals surface area contributed by atoms with Crippen LogP contribution in [0.15, 0.2) is 82.1 Å². The first-order valence-corrected chi connectivity index (χ1v) is 16.0. The molecule has 0 aromatic heterocycles. The third-order valence-corrected chi connectivity index (χ3v) is 9.64. The van der Waals surface area contributed by atoms with E-state index in [2.05, 4.69) is 30.7 Å². The van der Waals surface area contributed by atoms with Crippen molar-refractivity contribution in [1.82, 2.24) is 14.9 Å². The van der Waals surface area contributed by atoms with Gasteiger partial charge in [-0.1, -0.05) is 19.1 Å². The van der Waals surface area contributed by atoms with Crippen molar-refractivity contribution in [1.29, 1.82) is 0 Å². The van der Waals surface area contributed by atoms with Crippen molar-refractivity contribution in [2.45, 2.75) is 72.8 Å². The van der Waals surface area contributed by atoms with Gasteiger partial charge in [-0.3, -0.25) is 5.01 Å². The van der Waals surface area contributed by atoms with Crippen molar-refractivity contribution < 1.29 is 23.4 Å².